The SMILES string of the molecule is CC/C=C\C/C=C\C/C=C\C/C=C\C/C=C\C/C=C\C/C=C\CCCCCCCCCC(=O)OCC(COC(=O)CCCCCCCC)OC(=O)CCCCCCCCCCCCCCCCC/C=C\CCCCCCCCCC. The van der Waals surface area contributed by atoms with Gasteiger partial charge in [-0.1, -0.05) is 311 Å². The molecule has 80 heavy (non-hydrogen) atoms. The quantitative estimate of drug-likeness (QED) is 0.0261. The largest absolute Gasteiger partial charge is 0.462 e. The van der Waals surface area contributed by atoms with Gasteiger partial charge in [-0.05, 0) is 103 Å². The lowest BCUT2D eigenvalue weighted by atomic mass is 10.0. The second-order valence-corrected chi connectivity index (χ2v) is 22.7. The number of hydrogen-bond acceptors (Lipinski definition) is 6. The molecule has 0 aliphatic heterocycles. The molecule has 0 radical (unpaired) electrons. The molecular weight excluding hydrogens is 985 g/mol. The van der Waals surface area contributed by atoms with Gasteiger partial charge in [0.2, 0.25) is 0 Å². The molecule has 0 aromatic rings. The van der Waals surface area contributed by atoms with E-state index < -0.39 is 6.10 Å². The molecule has 0 fully saturated rings. The molecule has 0 saturated heterocycles. The number of carbonyl (C=O) groups is 3. The third kappa shape index (κ3) is 65.1. The summed E-state index contributed by atoms with van der Waals surface area (Å²) in [6.45, 7) is 6.49. The Morgan fingerprint density at radius 1 is 0.263 bits per heavy atom. The van der Waals surface area contributed by atoms with Gasteiger partial charge in [0.05, 0.1) is 0 Å². The van der Waals surface area contributed by atoms with E-state index in [0.29, 0.717) is 19.3 Å². The van der Waals surface area contributed by atoms with Crippen molar-refractivity contribution in [3.8, 4) is 0 Å². The molecule has 0 aromatic carbocycles. The first kappa shape index (κ1) is 76.3. The normalized spacial score (nSPS) is 12.7. The lowest BCUT2D eigenvalue weighted by molar-refractivity contribution is -0.167. The zero-order valence-electron chi connectivity index (χ0n) is 52.8. The van der Waals surface area contributed by atoms with Crippen molar-refractivity contribution in [1.82, 2.24) is 0 Å². The Hall–Kier alpha value is -3.67. The van der Waals surface area contributed by atoms with E-state index in [9.17, 15) is 14.4 Å². The Balaban J connectivity index is 4.08. The predicted molar refractivity (Wildman–Crippen MR) is 348 cm³/mol. The first-order valence-corrected chi connectivity index (χ1v) is 34.2. The standard InChI is InChI=1S/C74H128O6/c1-4-7-10-13-16-18-20-22-24-26-28-30-32-34-36-37-39-40-42-44-46-48-50-52-54-56-58-61-64-67-73(76)79-70-71(69-78-72(75)66-63-60-15-12-9-6-3)80-74(77)68-65-62-59-57-55-53-51-49-47-45-43-41-38-35-33-31-29-27-25-23-21-19-17-14-11-8-5-2/h7,10,16,18,22,24,27-30,34,36,39-40,44,46,71H,4-6,8-9,11-15,17,19-21,23,25-26,31-33,35,37-38,41-43,45,47-70H2,1-3H3/b10-7-,18-16-,24-22-,29-27-,30-28-,36-34-,40-39-,46-44-. The molecule has 0 saturated carbocycles. The minimum absolute atomic E-state index is 0.0789. The highest BCUT2D eigenvalue weighted by Gasteiger charge is 2.19. The lowest BCUT2D eigenvalue weighted by Crippen LogP contribution is -2.30. The lowest BCUT2D eigenvalue weighted by Gasteiger charge is -2.18. The van der Waals surface area contributed by atoms with Gasteiger partial charge in [0.1, 0.15) is 13.2 Å². The summed E-state index contributed by atoms with van der Waals surface area (Å²) >= 11 is 0. The number of ether oxygens (including phenoxy) is 3. The zero-order valence-corrected chi connectivity index (χ0v) is 52.8. The molecular formula is C74H128O6. The molecule has 0 aliphatic carbocycles. The van der Waals surface area contributed by atoms with E-state index in [1.807, 2.05) is 0 Å². The van der Waals surface area contributed by atoms with Crippen molar-refractivity contribution in [2.75, 3.05) is 13.2 Å². The highest BCUT2D eigenvalue weighted by Crippen LogP contribution is 2.17. The molecule has 0 bridgehead atoms. The Morgan fingerprint density at radius 3 is 0.775 bits per heavy atom. The number of rotatable bonds is 62. The van der Waals surface area contributed by atoms with E-state index in [0.717, 1.165) is 109 Å². The molecule has 6 heteroatoms. The van der Waals surface area contributed by atoms with Crippen molar-refractivity contribution in [1.29, 1.82) is 0 Å². The summed E-state index contributed by atoms with van der Waals surface area (Å²) in [5.41, 5.74) is 0. The molecule has 0 N–H and O–H groups in total. The van der Waals surface area contributed by atoms with Crippen LogP contribution in [0.1, 0.15) is 335 Å². The van der Waals surface area contributed by atoms with Crippen LogP contribution >= 0.6 is 0 Å². The third-order valence-electron chi connectivity index (χ3n) is 14.8. The first-order valence-electron chi connectivity index (χ1n) is 34.2. The van der Waals surface area contributed by atoms with Gasteiger partial charge >= 0.3 is 17.9 Å². The fourth-order valence-corrected chi connectivity index (χ4v) is 9.71. The second-order valence-electron chi connectivity index (χ2n) is 22.7. The fraction of sp³-hybridized carbons (Fsp3) is 0.743. The molecule has 0 spiro atoms. The van der Waals surface area contributed by atoms with E-state index in [2.05, 4.69) is 118 Å². The molecule has 6 nitrogen and oxygen atoms in total. The van der Waals surface area contributed by atoms with E-state index >= 15 is 0 Å². The number of allylic oxidation sites excluding steroid dienone is 16. The van der Waals surface area contributed by atoms with Crippen LogP contribution in [0.3, 0.4) is 0 Å². The second kappa shape index (κ2) is 67.8. The number of hydrogen-bond donors (Lipinski definition) is 0. The predicted octanol–water partition coefficient (Wildman–Crippen LogP) is 23.6. The van der Waals surface area contributed by atoms with Crippen molar-refractivity contribution in [2.24, 2.45) is 0 Å². The minimum atomic E-state index is -0.780. The van der Waals surface area contributed by atoms with Crippen LogP contribution in [0.4, 0.5) is 0 Å². The summed E-state index contributed by atoms with van der Waals surface area (Å²) in [5, 5.41) is 0. The maximum absolute atomic E-state index is 12.9. The molecule has 0 amide bonds. The molecule has 0 aliphatic rings. The molecule has 1 atom stereocenters. The highest BCUT2D eigenvalue weighted by molar-refractivity contribution is 5.71. The van der Waals surface area contributed by atoms with Gasteiger partial charge in [0.25, 0.3) is 0 Å². The summed E-state index contributed by atoms with van der Waals surface area (Å²) in [4.78, 5) is 38.1. The summed E-state index contributed by atoms with van der Waals surface area (Å²) < 4.78 is 16.8. The Bertz CT molecular complexity index is 1560. The van der Waals surface area contributed by atoms with E-state index in [-0.39, 0.29) is 31.1 Å². The fourth-order valence-electron chi connectivity index (χ4n) is 9.71. The average molecular weight is 1110 g/mol. The Kier molecular flexibility index (Phi) is 64.7. The van der Waals surface area contributed by atoms with Crippen molar-refractivity contribution < 1.29 is 28.6 Å². The molecule has 460 valence electrons. The summed E-state index contributed by atoms with van der Waals surface area (Å²) in [7, 11) is 0. The average Bonchev–Trinajstić information content (AvgIpc) is 3.46. The number of unbranched alkanes of at least 4 members (excludes halogenated alkanes) is 35. The Morgan fingerprint density at radius 2 is 0.487 bits per heavy atom. The minimum Gasteiger partial charge on any atom is -0.462 e. The van der Waals surface area contributed by atoms with Crippen LogP contribution < -0.4 is 0 Å². The van der Waals surface area contributed by atoms with Gasteiger partial charge in [-0.25, -0.2) is 0 Å². The van der Waals surface area contributed by atoms with Gasteiger partial charge in [0.15, 0.2) is 6.10 Å². The summed E-state index contributed by atoms with van der Waals surface area (Å²) in [6, 6.07) is 0. The molecule has 0 heterocycles. The van der Waals surface area contributed by atoms with Crippen molar-refractivity contribution in [3.63, 3.8) is 0 Å². The number of esters is 3. The van der Waals surface area contributed by atoms with Gasteiger partial charge in [-0.3, -0.25) is 14.4 Å². The van der Waals surface area contributed by atoms with E-state index in [1.54, 1.807) is 0 Å². The highest BCUT2D eigenvalue weighted by atomic mass is 16.6. The maximum atomic E-state index is 12.9. The molecule has 0 rings (SSSR count). The zero-order chi connectivity index (χ0) is 57.8. The van der Waals surface area contributed by atoms with Crippen LogP contribution in [0, 0.1) is 0 Å². The molecule has 1 unspecified atom stereocenters. The van der Waals surface area contributed by atoms with Gasteiger partial charge in [-0.2, -0.15) is 0 Å². The third-order valence-corrected chi connectivity index (χ3v) is 14.8. The first-order chi connectivity index (χ1) is 39.5. The number of carbonyl (C=O) groups excluding carboxylic acids is 3. The summed E-state index contributed by atoms with van der Waals surface area (Å²) in [5.74, 6) is -0.888. The van der Waals surface area contributed by atoms with Crippen LogP contribution in [0.2, 0.25) is 0 Å². The van der Waals surface area contributed by atoms with Gasteiger partial charge < -0.3 is 14.2 Å². The smallest absolute Gasteiger partial charge is 0.306 e. The van der Waals surface area contributed by atoms with Crippen LogP contribution in [-0.2, 0) is 28.6 Å². The monoisotopic (exact) mass is 1110 g/mol. The maximum Gasteiger partial charge on any atom is 0.306 e. The van der Waals surface area contributed by atoms with Crippen LogP contribution in [0.25, 0.3) is 0 Å². The molecule has 0 aromatic heterocycles. The van der Waals surface area contributed by atoms with Crippen molar-refractivity contribution in [2.45, 2.75) is 341 Å². The van der Waals surface area contributed by atoms with Crippen LogP contribution in [0.15, 0.2) is 97.2 Å². The van der Waals surface area contributed by atoms with Gasteiger partial charge in [-0.15, -0.1) is 0 Å². The van der Waals surface area contributed by atoms with E-state index in [1.165, 1.54) is 186 Å². The van der Waals surface area contributed by atoms with Crippen molar-refractivity contribution >= 4 is 17.9 Å². The van der Waals surface area contributed by atoms with Crippen LogP contribution in [-0.4, -0.2) is 37.2 Å². The van der Waals surface area contributed by atoms with E-state index in [4.69, 9.17) is 14.2 Å². The van der Waals surface area contributed by atoms with Gasteiger partial charge in [0, 0.05) is 19.3 Å². The van der Waals surface area contributed by atoms with Crippen molar-refractivity contribution in [3.05, 3.63) is 97.2 Å². The van der Waals surface area contributed by atoms with Crippen LogP contribution in [0.5, 0.6) is 0 Å². The Labute approximate surface area is 496 Å². The topological polar surface area (TPSA) is 78.9 Å². The summed E-state index contributed by atoms with van der Waals surface area (Å²) in [6.07, 6.45) is 91.8.